The van der Waals surface area contributed by atoms with Crippen LogP contribution in [-0.4, -0.2) is 17.6 Å². The van der Waals surface area contributed by atoms with Crippen molar-refractivity contribution in [2.24, 2.45) is 0 Å². The summed E-state index contributed by atoms with van der Waals surface area (Å²) in [4.78, 5) is 12.7. The normalized spacial score (nSPS) is 9.75. The molecule has 0 aliphatic rings. The highest BCUT2D eigenvalue weighted by molar-refractivity contribution is 7.10. The number of benzene rings is 1. The molecule has 0 radical (unpaired) electrons. The van der Waals surface area contributed by atoms with E-state index in [9.17, 15) is 9.18 Å². The average molecular weight is 310 g/mol. The average Bonchev–Trinajstić information content (AvgIpc) is 2.88. The minimum Gasteiger partial charge on any atom is -0.384 e. The molecule has 3 nitrogen and oxygen atoms in total. The van der Waals surface area contributed by atoms with Gasteiger partial charge in [0.15, 0.2) is 0 Å². The number of carbonyl (C=O) groups is 1. The van der Waals surface area contributed by atoms with Crippen LogP contribution in [0.15, 0.2) is 29.6 Å². The van der Waals surface area contributed by atoms with Crippen molar-refractivity contribution in [1.82, 2.24) is 0 Å². The van der Waals surface area contributed by atoms with Gasteiger partial charge >= 0.3 is 0 Å². The molecule has 1 aromatic heterocycles. The maximum atomic E-state index is 12.9. The van der Waals surface area contributed by atoms with E-state index >= 15 is 0 Å². The first-order valence-corrected chi connectivity index (χ1v) is 6.80. The number of hydrogen-bond donors (Lipinski definition) is 2. The fourth-order valence-corrected chi connectivity index (χ4v) is 2.40. The topological polar surface area (TPSA) is 49.3 Å². The van der Waals surface area contributed by atoms with E-state index in [1.54, 1.807) is 11.4 Å². The van der Waals surface area contributed by atoms with Gasteiger partial charge in [-0.15, -0.1) is 11.3 Å². The van der Waals surface area contributed by atoms with Crippen molar-refractivity contribution in [3.8, 4) is 11.8 Å². The van der Waals surface area contributed by atoms with Crippen LogP contribution in [0.3, 0.4) is 0 Å². The molecule has 0 spiro atoms. The highest BCUT2D eigenvalue weighted by atomic mass is 35.5. The van der Waals surface area contributed by atoms with Gasteiger partial charge in [-0.2, -0.15) is 0 Å². The monoisotopic (exact) mass is 309 g/mol. The summed E-state index contributed by atoms with van der Waals surface area (Å²) in [7, 11) is 0. The Bertz CT molecular complexity index is 703. The molecule has 0 fully saturated rings. The Labute approximate surface area is 124 Å². The molecule has 0 saturated carbocycles. The number of carbonyl (C=O) groups excluding carboxylic acids is 1. The molecule has 1 heterocycles. The van der Waals surface area contributed by atoms with Gasteiger partial charge in [-0.05, 0) is 24.3 Å². The van der Waals surface area contributed by atoms with E-state index in [2.05, 4.69) is 17.2 Å². The maximum absolute atomic E-state index is 12.9. The Morgan fingerprint density at radius 3 is 2.95 bits per heavy atom. The third-order valence-corrected chi connectivity index (χ3v) is 3.49. The maximum Gasteiger partial charge on any atom is 0.256 e. The van der Waals surface area contributed by atoms with E-state index in [1.165, 1.54) is 23.5 Å². The molecule has 0 aliphatic carbocycles. The Kier molecular flexibility index (Phi) is 4.74. The lowest BCUT2D eigenvalue weighted by Crippen LogP contribution is -2.11. The van der Waals surface area contributed by atoms with Gasteiger partial charge in [0, 0.05) is 5.38 Å². The van der Waals surface area contributed by atoms with Gasteiger partial charge in [0.05, 0.1) is 21.2 Å². The first kappa shape index (κ1) is 14.5. The summed E-state index contributed by atoms with van der Waals surface area (Å²) < 4.78 is 12.9. The van der Waals surface area contributed by atoms with Gasteiger partial charge in [-0.25, -0.2) is 4.39 Å². The summed E-state index contributed by atoms with van der Waals surface area (Å²) in [5.74, 6) is 4.40. The molecule has 2 rings (SSSR count). The van der Waals surface area contributed by atoms with E-state index in [4.69, 9.17) is 16.7 Å². The molecule has 1 aromatic carbocycles. The van der Waals surface area contributed by atoms with Crippen LogP contribution >= 0.6 is 22.9 Å². The molecule has 1 amide bonds. The Morgan fingerprint density at radius 1 is 1.45 bits per heavy atom. The molecule has 102 valence electrons. The van der Waals surface area contributed by atoms with Crippen molar-refractivity contribution < 1.29 is 14.3 Å². The number of amides is 1. The molecule has 0 saturated heterocycles. The minimum absolute atomic E-state index is 0.133. The summed E-state index contributed by atoms with van der Waals surface area (Å²) in [5.41, 5.74) is 0.768. The standard InChI is InChI=1S/C14H9ClFNO2S/c15-12-7-10(16)3-4-13(12)17-14(19)9-6-11(20-8-9)2-1-5-18/h3-4,6-8,18H,5H2,(H,17,19). The first-order valence-electron chi connectivity index (χ1n) is 5.55. The molecule has 20 heavy (non-hydrogen) atoms. The van der Waals surface area contributed by atoms with Gasteiger partial charge in [-0.3, -0.25) is 4.79 Å². The third kappa shape index (κ3) is 3.58. The van der Waals surface area contributed by atoms with Crippen LogP contribution in [0.5, 0.6) is 0 Å². The number of aliphatic hydroxyl groups excluding tert-OH is 1. The van der Waals surface area contributed by atoms with Crippen LogP contribution < -0.4 is 5.32 Å². The molecule has 0 atom stereocenters. The number of thiophene rings is 1. The van der Waals surface area contributed by atoms with Crippen LogP contribution in [-0.2, 0) is 0 Å². The molecule has 2 aromatic rings. The van der Waals surface area contributed by atoms with Crippen LogP contribution in [0.2, 0.25) is 5.02 Å². The van der Waals surface area contributed by atoms with E-state index in [-0.39, 0.29) is 17.5 Å². The van der Waals surface area contributed by atoms with Crippen molar-refractivity contribution in [1.29, 1.82) is 0 Å². The summed E-state index contributed by atoms with van der Waals surface area (Å²) >= 11 is 7.13. The zero-order valence-corrected chi connectivity index (χ0v) is 11.7. The molecule has 6 heteroatoms. The number of aliphatic hydroxyl groups is 1. The molecular weight excluding hydrogens is 301 g/mol. The predicted octanol–water partition coefficient (Wildman–Crippen LogP) is 3.14. The van der Waals surface area contributed by atoms with Gasteiger partial charge < -0.3 is 10.4 Å². The number of rotatable bonds is 2. The molecule has 2 N–H and O–H groups in total. The van der Waals surface area contributed by atoms with Crippen LogP contribution in [0.25, 0.3) is 0 Å². The number of anilines is 1. The molecule has 0 bridgehead atoms. The molecule has 0 aliphatic heterocycles. The van der Waals surface area contributed by atoms with Crippen molar-refractivity contribution in [3.05, 3.63) is 50.9 Å². The van der Waals surface area contributed by atoms with Crippen LogP contribution in [0.4, 0.5) is 10.1 Å². The zero-order valence-electron chi connectivity index (χ0n) is 10.1. The van der Waals surface area contributed by atoms with Crippen molar-refractivity contribution in [2.75, 3.05) is 11.9 Å². The number of halogens is 2. The van der Waals surface area contributed by atoms with Crippen molar-refractivity contribution >= 4 is 34.5 Å². The largest absolute Gasteiger partial charge is 0.384 e. The highest BCUT2D eigenvalue weighted by Gasteiger charge is 2.10. The number of hydrogen-bond acceptors (Lipinski definition) is 3. The SMILES string of the molecule is O=C(Nc1ccc(F)cc1Cl)c1csc(C#CCO)c1. The first-order chi connectivity index (χ1) is 9.60. The van der Waals surface area contributed by atoms with Crippen molar-refractivity contribution in [2.45, 2.75) is 0 Å². The third-order valence-electron chi connectivity index (χ3n) is 2.33. The highest BCUT2D eigenvalue weighted by Crippen LogP contribution is 2.23. The Balaban J connectivity index is 2.13. The summed E-state index contributed by atoms with van der Waals surface area (Å²) in [5, 5.41) is 13.0. The zero-order chi connectivity index (χ0) is 14.5. The molecule has 0 unspecified atom stereocenters. The molecular formula is C14H9ClFNO2S. The Hall–Kier alpha value is -1.87. The van der Waals surface area contributed by atoms with E-state index < -0.39 is 5.82 Å². The lowest BCUT2D eigenvalue weighted by Gasteiger charge is -2.05. The number of nitrogens with one attached hydrogen (secondary N) is 1. The Morgan fingerprint density at radius 2 is 2.25 bits per heavy atom. The predicted molar refractivity (Wildman–Crippen MR) is 77.6 cm³/mol. The lowest BCUT2D eigenvalue weighted by atomic mass is 10.2. The minimum atomic E-state index is -0.468. The second kappa shape index (κ2) is 6.53. The summed E-state index contributed by atoms with van der Waals surface area (Å²) in [6, 6.07) is 5.35. The smallest absolute Gasteiger partial charge is 0.256 e. The van der Waals surface area contributed by atoms with Gasteiger partial charge in [0.25, 0.3) is 5.91 Å². The van der Waals surface area contributed by atoms with Crippen molar-refractivity contribution in [3.63, 3.8) is 0 Å². The quantitative estimate of drug-likeness (QED) is 0.837. The summed E-state index contributed by atoms with van der Waals surface area (Å²) in [6.45, 7) is -0.232. The van der Waals surface area contributed by atoms with Gasteiger partial charge in [0.1, 0.15) is 12.4 Å². The van der Waals surface area contributed by atoms with Gasteiger partial charge in [0.2, 0.25) is 0 Å². The lowest BCUT2D eigenvalue weighted by molar-refractivity contribution is 0.102. The van der Waals surface area contributed by atoms with Crippen LogP contribution in [0.1, 0.15) is 15.2 Å². The van der Waals surface area contributed by atoms with E-state index in [0.717, 1.165) is 6.07 Å². The second-order valence-corrected chi connectivity index (χ2v) is 5.06. The van der Waals surface area contributed by atoms with E-state index in [1.807, 2.05) is 0 Å². The van der Waals surface area contributed by atoms with Gasteiger partial charge in [-0.1, -0.05) is 23.4 Å². The fourth-order valence-electron chi connectivity index (χ4n) is 1.43. The second-order valence-electron chi connectivity index (χ2n) is 3.74. The van der Waals surface area contributed by atoms with E-state index in [0.29, 0.717) is 16.1 Å². The summed E-state index contributed by atoms with van der Waals surface area (Å²) in [6.07, 6.45) is 0. The fraction of sp³-hybridized carbons (Fsp3) is 0.0714. The van der Waals surface area contributed by atoms with Crippen LogP contribution in [0, 0.1) is 17.7 Å².